The number of aromatic nitrogens is 2. The number of hydrogen-bond acceptors (Lipinski definition) is 3. The summed E-state index contributed by atoms with van der Waals surface area (Å²) in [4.78, 5) is 7.06. The van der Waals surface area contributed by atoms with Crippen LogP contribution in [-0.4, -0.2) is 40.1 Å². The molecule has 0 aliphatic heterocycles. The van der Waals surface area contributed by atoms with Gasteiger partial charge in [-0.2, -0.15) is 0 Å². The van der Waals surface area contributed by atoms with Crippen LogP contribution in [-0.2, 0) is 6.54 Å². The van der Waals surface area contributed by atoms with Gasteiger partial charge in [-0.15, -0.1) is 0 Å². The molecule has 0 bridgehead atoms. The Bertz CT molecular complexity index is 416. The van der Waals surface area contributed by atoms with E-state index in [1.165, 1.54) is 57.8 Å². The zero-order valence-electron chi connectivity index (χ0n) is 13.4. The van der Waals surface area contributed by atoms with Crippen LogP contribution >= 0.6 is 0 Å². The molecule has 0 radical (unpaired) electrons. The quantitative estimate of drug-likeness (QED) is 0.870. The summed E-state index contributed by atoms with van der Waals surface area (Å²) in [5, 5.41) is 3.66. The van der Waals surface area contributed by atoms with Gasteiger partial charge >= 0.3 is 0 Å². The van der Waals surface area contributed by atoms with Crippen molar-refractivity contribution in [3.63, 3.8) is 0 Å². The third-order valence-corrected chi connectivity index (χ3v) is 5.30. The third kappa shape index (κ3) is 4.00. The number of hydrogen-bond donors (Lipinski definition) is 1. The molecule has 21 heavy (non-hydrogen) atoms. The normalized spacial score (nSPS) is 21.2. The SMILES string of the molecule is CN(CCn1ccnc1NC1CCCCC1)C1CCCC1. The molecule has 0 saturated heterocycles. The fourth-order valence-electron chi connectivity index (χ4n) is 3.85. The Morgan fingerprint density at radius 3 is 2.62 bits per heavy atom. The Kier molecular flexibility index (Phi) is 5.17. The second-order valence-corrected chi connectivity index (χ2v) is 6.84. The van der Waals surface area contributed by atoms with Gasteiger partial charge in [0.1, 0.15) is 0 Å². The monoisotopic (exact) mass is 290 g/mol. The molecule has 0 amide bonds. The number of rotatable bonds is 6. The molecule has 0 spiro atoms. The molecule has 4 nitrogen and oxygen atoms in total. The van der Waals surface area contributed by atoms with Crippen LogP contribution in [0.25, 0.3) is 0 Å². The molecule has 0 aromatic carbocycles. The van der Waals surface area contributed by atoms with E-state index in [-0.39, 0.29) is 0 Å². The van der Waals surface area contributed by atoms with Crippen LogP contribution in [0.2, 0.25) is 0 Å². The van der Waals surface area contributed by atoms with E-state index < -0.39 is 0 Å². The number of likely N-dealkylation sites (N-methyl/N-ethyl adjacent to an activating group) is 1. The van der Waals surface area contributed by atoms with Crippen molar-refractivity contribution in [2.45, 2.75) is 76.4 Å². The molecule has 4 heteroatoms. The highest BCUT2D eigenvalue weighted by atomic mass is 15.2. The molecule has 2 fully saturated rings. The molecule has 2 saturated carbocycles. The Morgan fingerprint density at radius 1 is 1.14 bits per heavy atom. The smallest absolute Gasteiger partial charge is 0.203 e. The highest BCUT2D eigenvalue weighted by molar-refractivity contribution is 5.27. The van der Waals surface area contributed by atoms with Gasteiger partial charge in [-0.25, -0.2) is 4.98 Å². The topological polar surface area (TPSA) is 33.1 Å². The van der Waals surface area contributed by atoms with Gasteiger partial charge in [0.05, 0.1) is 0 Å². The number of imidazole rings is 1. The van der Waals surface area contributed by atoms with E-state index in [2.05, 4.69) is 33.0 Å². The van der Waals surface area contributed by atoms with Crippen molar-refractivity contribution in [3.05, 3.63) is 12.4 Å². The van der Waals surface area contributed by atoms with Gasteiger partial charge in [0.2, 0.25) is 5.95 Å². The largest absolute Gasteiger partial charge is 0.353 e. The molecule has 118 valence electrons. The van der Waals surface area contributed by atoms with Gasteiger partial charge in [-0.1, -0.05) is 32.1 Å². The summed E-state index contributed by atoms with van der Waals surface area (Å²) in [6.07, 6.45) is 16.4. The second kappa shape index (κ2) is 7.30. The maximum atomic E-state index is 4.52. The van der Waals surface area contributed by atoms with Gasteiger partial charge in [-0.05, 0) is 32.7 Å². The van der Waals surface area contributed by atoms with Crippen molar-refractivity contribution in [1.82, 2.24) is 14.5 Å². The zero-order chi connectivity index (χ0) is 14.5. The van der Waals surface area contributed by atoms with E-state index in [1.54, 1.807) is 0 Å². The molecule has 0 atom stereocenters. The molecule has 1 N–H and O–H groups in total. The molecule has 2 aliphatic carbocycles. The number of nitrogens with one attached hydrogen (secondary N) is 1. The van der Waals surface area contributed by atoms with E-state index in [0.717, 1.165) is 25.1 Å². The molecule has 0 unspecified atom stereocenters. The summed E-state index contributed by atoms with van der Waals surface area (Å²) < 4.78 is 2.29. The Balaban J connectivity index is 1.50. The van der Waals surface area contributed by atoms with Crippen molar-refractivity contribution in [3.8, 4) is 0 Å². The Labute approximate surface area is 128 Å². The molecule has 1 aromatic rings. The first-order chi connectivity index (χ1) is 10.3. The van der Waals surface area contributed by atoms with Gasteiger partial charge < -0.3 is 14.8 Å². The predicted octanol–water partition coefficient (Wildman–Crippen LogP) is 3.50. The first-order valence-corrected chi connectivity index (χ1v) is 8.81. The summed E-state index contributed by atoms with van der Waals surface area (Å²) >= 11 is 0. The van der Waals surface area contributed by atoms with E-state index in [4.69, 9.17) is 0 Å². The average Bonchev–Trinajstić information content (AvgIpc) is 3.18. The molecule has 3 rings (SSSR count). The van der Waals surface area contributed by atoms with Crippen LogP contribution in [0.4, 0.5) is 5.95 Å². The lowest BCUT2D eigenvalue weighted by atomic mass is 9.96. The van der Waals surface area contributed by atoms with Crippen LogP contribution < -0.4 is 5.32 Å². The van der Waals surface area contributed by atoms with Crippen molar-refractivity contribution in [1.29, 1.82) is 0 Å². The van der Waals surface area contributed by atoms with Crippen molar-refractivity contribution in [2.24, 2.45) is 0 Å². The standard InChI is InChI=1S/C17H30N4/c1-20(16-9-5-6-10-16)13-14-21-12-11-18-17(21)19-15-7-3-2-4-8-15/h11-12,15-16H,2-10,13-14H2,1H3,(H,18,19). The third-order valence-electron chi connectivity index (χ3n) is 5.30. The van der Waals surface area contributed by atoms with Crippen molar-refractivity contribution < 1.29 is 0 Å². The summed E-state index contributed by atoms with van der Waals surface area (Å²) in [7, 11) is 2.28. The summed E-state index contributed by atoms with van der Waals surface area (Å²) in [6.45, 7) is 2.17. The maximum absolute atomic E-state index is 4.52. The highest BCUT2D eigenvalue weighted by Crippen LogP contribution is 2.23. The zero-order valence-corrected chi connectivity index (χ0v) is 13.4. The van der Waals surface area contributed by atoms with E-state index in [0.29, 0.717) is 6.04 Å². The lowest BCUT2D eigenvalue weighted by molar-refractivity contribution is 0.237. The van der Waals surface area contributed by atoms with Crippen LogP contribution in [0, 0.1) is 0 Å². The van der Waals surface area contributed by atoms with E-state index in [1.807, 2.05) is 6.20 Å². The maximum Gasteiger partial charge on any atom is 0.203 e. The highest BCUT2D eigenvalue weighted by Gasteiger charge is 2.20. The summed E-state index contributed by atoms with van der Waals surface area (Å²) in [5.74, 6) is 1.07. The molecule has 2 aliphatic rings. The fraction of sp³-hybridized carbons (Fsp3) is 0.824. The van der Waals surface area contributed by atoms with Gasteiger partial charge in [0, 0.05) is 37.6 Å². The van der Waals surface area contributed by atoms with Crippen LogP contribution in [0.15, 0.2) is 12.4 Å². The van der Waals surface area contributed by atoms with Gasteiger partial charge in [-0.3, -0.25) is 0 Å². The lowest BCUT2D eigenvalue weighted by Crippen LogP contribution is -2.32. The Morgan fingerprint density at radius 2 is 1.86 bits per heavy atom. The predicted molar refractivity (Wildman–Crippen MR) is 87.6 cm³/mol. The first-order valence-electron chi connectivity index (χ1n) is 8.81. The minimum Gasteiger partial charge on any atom is -0.353 e. The van der Waals surface area contributed by atoms with E-state index >= 15 is 0 Å². The summed E-state index contributed by atoms with van der Waals surface area (Å²) in [5.41, 5.74) is 0. The minimum absolute atomic E-state index is 0.632. The minimum atomic E-state index is 0.632. The molecular weight excluding hydrogens is 260 g/mol. The number of nitrogens with zero attached hydrogens (tertiary/aromatic N) is 3. The lowest BCUT2D eigenvalue weighted by Gasteiger charge is -2.26. The Hall–Kier alpha value is -1.03. The number of anilines is 1. The van der Waals surface area contributed by atoms with Crippen LogP contribution in [0.1, 0.15) is 57.8 Å². The van der Waals surface area contributed by atoms with Crippen LogP contribution in [0.3, 0.4) is 0 Å². The van der Waals surface area contributed by atoms with Crippen LogP contribution in [0.5, 0.6) is 0 Å². The molecule has 1 heterocycles. The van der Waals surface area contributed by atoms with Gasteiger partial charge in [0.15, 0.2) is 0 Å². The average molecular weight is 290 g/mol. The first kappa shape index (κ1) is 14.9. The summed E-state index contributed by atoms with van der Waals surface area (Å²) in [6, 6.07) is 1.44. The second-order valence-electron chi connectivity index (χ2n) is 6.84. The molecular formula is C17H30N4. The van der Waals surface area contributed by atoms with Crippen molar-refractivity contribution >= 4 is 5.95 Å². The molecule has 1 aromatic heterocycles. The van der Waals surface area contributed by atoms with Gasteiger partial charge in [0.25, 0.3) is 0 Å². The van der Waals surface area contributed by atoms with Crippen molar-refractivity contribution in [2.75, 3.05) is 18.9 Å². The van der Waals surface area contributed by atoms with E-state index in [9.17, 15) is 0 Å². The fourth-order valence-corrected chi connectivity index (χ4v) is 3.85.